The summed E-state index contributed by atoms with van der Waals surface area (Å²) in [5.74, 6) is 1.14. The largest absolute Gasteiger partial charge is 0.346 e. The van der Waals surface area contributed by atoms with E-state index in [1.807, 2.05) is 6.08 Å². The Balaban J connectivity index is 2.09. The summed E-state index contributed by atoms with van der Waals surface area (Å²) in [5, 5.41) is 9.60. The molecule has 0 saturated carbocycles. The van der Waals surface area contributed by atoms with Crippen molar-refractivity contribution in [2.45, 2.75) is 27.2 Å². The number of pyridine rings is 1. The molecule has 1 N–H and O–H groups in total. The number of amides is 1. The van der Waals surface area contributed by atoms with Crippen molar-refractivity contribution in [2.75, 3.05) is 44.7 Å². The first-order valence-corrected chi connectivity index (χ1v) is 11.8. The van der Waals surface area contributed by atoms with Crippen molar-refractivity contribution in [1.82, 2.24) is 9.47 Å². The standard InChI is InChI=1S/C22H29N5O2S2/c1-14(2)6-7-27-21(29)18(31-22(27)30)12-16-15(3)17(13-23)20(28)25(5)19(16)26-10-8-24(4)9-11-26/h12,14H,6-11H2,1-5H3/p+1/b18-12-. The number of nitrogens with one attached hydrogen (secondary N) is 1. The third kappa shape index (κ3) is 4.71. The van der Waals surface area contributed by atoms with E-state index in [2.05, 4.69) is 31.9 Å². The van der Waals surface area contributed by atoms with E-state index in [1.165, 1.54) is 16.7 Å². The highest BCUT2D eigenvalue weighted by Crippen LogP contribution is 2.35. The lowest BCUT2D eigenvalue weighted by Gasteiger charge is -2.34. The van der Waals surface area contributed by atoms with Crippen LogP contribution in [0.2, 0.25) is 0 Å². The maximum Gasteiger partial charge on any atom is 0.270 e. The molecule has 31 heavy (non-hydrogen) atoms. The zero-order valence-corrected chi connectivity index (χ0v) is 20.5. The molecule has 0 bridgehead atoms. The molecule has 9 heteroatoms. The first-order chi connectivity index (χ1) is 14.6. The Labute approximate surface area is 193 Å². The van der Waals surface area contributed by atoms with Gasteiger partial charge in [0, 0.05) is 19.2 Å². The lowest BCUT2D eigenvalue weighted by atomic mass is 10.0. The minimum absolute atomic E-state index is 0.101. The van der Waals surface area contributed by atoms with Crippen LogP contribution in [-0.4, -0.2) is 59.5 Å². The zero-order valence-electron chi connectivity index (χ0n) is 18.8. The summed E-state index contributed by atoms with van der Waals surface area (Å²) in [6, 6.07) is 2.06. The molecule has 3 heterocycles. The number of rotatable bonds is 5. The van der Waals surface area contributed by atoms with E-state index >= 15 is 0 Å². The second-order valence-electron chi connectivity index (χ2n) is 8.67. The molecule has 166 valence electrons. The molecule has 2 saturated heterocycles. The molecule has 1 aromatic heterocycles. The maximum atomic E-state index is 13.1. The lowest BCUT2D eigenvalue weighted by Crippen LogP contribution is -3.12. The van der Waals surface area contributed by atoms with Crippen LogP contribution in [0.4, 0.5) is 5.82 Å². The summed E-state index contributed by atoms with van der Waals surface area (Å²) < 4.78 is 2.11. The van der Waals surface area contributed by atoms with Crippen molar-refractivity contribution in [3.63, 3.8) is 0 Å². The predicted molar refractivity (Wildman–Crippen MR) is 129 cm³/mol. The Bertz CT molecular complexity index is 1030. The van der Waals surface area contributed by atoms with Gasteiger partial charge in [0.2, 0.25) is 0 Å². The molecular formula is C22H30N5O2S2+. The van der Waals surface area contributed by atoms with Crippen LogP contribution in [-0.2, 0) is 11.8 Å². The van der Waals surface area contributed by atoms with E-state index in [0.29, 0.717) is 27.3 Å². The van der Waals surface area contributed by atoms with Gasteiger partial charge in [-0.2, -0.15) is 5.26 Å². The van der Waals surface area contributed by atoms with Gasteiger partial charge in [-0.3, -0.25) is 19.1 Å². The summed E-state index contributed by atoms with van der Waals surface area (Å²) in [5.41, 5.74) is 1.18. The molecule has 0 atom stereocenters. The van der Waals surface area contributed by atoms with Gasteiger partial charge in [0.1, 0.15) is 21.8 Å². The highest BCUT2D eigenvalue weighted by Gasteiger charge is 2.33. The van der Waals surface area contributed by atoms with E-state index < -0.39 is 0 Å². The third-order valence-corrected chi connectivity index (χ3v) is 7.34. The van der Waals surface area contributed by atoms with Crippen molar-refractivity contribution in [3.8, 4) is 6.07 Å². The Morgan fingerprint density at radius 3 is 2.52 bits per heavy atom. The summed E-state index contributed by atoms with van der Waals surface area (Å²) in [6.45, 7) is 10.2. The SMILES string of the molecule is Cc1c(/C=C2\SC(=S)N(CCC(C)C)C2=O)c(N2CC[NH+](C)CC2)n(C)c(=O)c1C#N. The number of nitrogens with zero attached hydrogens (tertiary/aromatic N) is 4. The van der Waals surface area contributed by atoms with Crippen molar-refractivity contribution < 1.29 is 9.69 Å². The number of thiocarbonyl (C=S) groups is 1. The Morgan fingerprint density at radius 2 is 1.94 bits per heavy atom. The average molecular weight is 461 g/mol. The van der Waals surface area contributed by atoms with Gasteiger partial charge < -0.3 is 9.80 Å². The van der Waals surface area contributed by atoms with Crippen LogP contribution in [0.3, 0.4) is 0 Å². The Morgan fingerprint density at radius 1 is 1.29 bits per heavy atom. The second kappa shape index (κ2) is 9.55. The molecule has 0 aliphatic carbocycles. The van der Waals surface area contributed by atoms with E-state index in [9.17, 15) is 14.9 Å². The van der Waals surface area contributed by atoms with Gasteiger partial charge in [-0.25, -0.2) is 0 Å². The molecule has 1 aromatic rings. The molecule has 0 unspecified atom stereocenters. The minimum atomic E-state index is -0.303. The number of anilines is 1. The number of carbonyl (C=O) groups is 1. The molecule has 0 spiro atoms. The van der Waals surface area contributed by atoms with Crippen LogP contribution in [0.25, 0.3) is 6.08 Å². The van der Waals surface area contributed by atoms with Gasteiger partial charge in [-0.1, -0.05) is 37.8 Å². The Kier molecular flexibility index (Phi) is 7.24. The smallest absolute Gasteiger partial charge is 0.270 e. The second-order valence-corrected chi connectivity index (χ2v) is 10.3. The number of nitriles is 1. The van der Waals surface area contributed by atoms with E-state index in [4.69, 9.17) is 12.2 Å². The van der Waals surface area contributed by atoms with Crippen molar-refractivity contribution in [3.05, 3.63) is 31.9 Å². The molecule has 2 aliphatic heterocycles. The molecule has 3 rings (SSSR count). The van der Waals surface area contributed by atoms with E-state index in [0.717, 1.165) is 44.0 Å². The van der Waals surface area contributed by atoms with Crippen molar-refractivity contribution >= 4 is 46.1 Å². The maximum absolute atomic E-state index is 13.1. The van der Waals surface area contributed by atoms with Crippen LogP contribution in [0.1, 0.15) is 37.0 Å². The molecule has 0 radical (unpaired) electrons. The number of likely N-dealkylation sites (N-methyl/N-ethyl adjacent to an activating group) is 1. The third-order valence-electron chi connectivity index (χ3n) is 5.96. The van der Waals surface area contributed by atoms with Crippen molar-refractivity contribution in [2.24, 2.45) is 13.0 Å². The fraction of sp³-hybridized carbons (Fsp3) is 0.545. The normalized spacial score (nSPS) is 19.1. The van der Waals surface area contributed by atoms with Crippen LogP contribution < -0.4 is 15.4 Å². The number of thioether (sulfide) groups is 1. The number of aromatic nitrogens is 1. The lowest BCUT2D eigenvalue weighted by molar-refractivity contribution is -0.880. The quantitative estimate of drug-likeness (QED) is 0.525. The first-order valence-electron chi connectivity index (χ1n) is 10.6. The van der Waals surface area contributed by atoms with Crippen LogP contribution in [0, 0.1) is 24.2 Å². The minimum Gasteiger partial charge on any atom is -0.346 e. The highest BCUT2D eigenvalue weighted by molar-refractivity contribution is 8.26. The summed E-state index contributed by atoms with van der Waals surface area (Å²) in [4.78, 5) is 31.8. The number of hydrogen-bond donors (Lipinski definition) is 1. The van der Waals surface area contributed by atoms with E-state index in [1.54, 1.807) is 23.4 Å². The molecule has 0 aromatic carbocycles. The van der Waals surface area contributed by atoms with Crippen LogP contribution in [0.5, 0.6) is 0 Å². The first kappa shape index (κ1) is 23.5. The highest BCUT2D eigenvalue weighted by atomic mass is 32.2. The number of carbonyl (C=O) groups excluding carboxylic acids is 1. The molecule has 2 aliphatic rings. The van der Waals surface area contributed by atoms with Gasteiger partial charge in [0.05, 0.1) is 38.1 Å². The molecular weight excluding hydrogens is 430 g/mol. The summed E-state index contributed by atoms with van der Waals surface area (Å²) in [6.07, 6.45) is 2.71. The average Bonchev–Trinajstić information content (AvgIpc) is 2.99. The van der Waals surface area contributed by atoms with Gasteiger partial charge in [0.25, 0.3) is 11.5 Å². The van der Waals surface area contributed by atoms with Gasteiger partial charge in [-0.15, -0.1) is 0 Å². The fourth-order valence-electron chi connectivity index (χ4n) is 3.91. The predicted octanol–water partition coefficient (Wildman–Crippen LogP) is 1.15. The molecule has 7 nitrogen and oxygen atoms in total. The van der Waals surface area contributed by atoms with Gasteiger partial charge >= 0.3 is 0 Å². The summed E-state index contributed by atoms with van der Waals surface area (Å²) in [7, 11) is 3.86. The molecule has 1 amide bonds. The zero-order chi connectivity index (χ0) is 22.9. The van der Waals surface area contributed by atoms with Crippen LogP contribution in [0.15, 0.2) is 9.70 Å². The number of quaternary nitrogens is 1. The molecule has 2 fully saturated rings. The van der Waals surface area contributed by atoms with E-state index in [-0.39, 0.29) is 17.0 Å². The van der Waals surface area contributed by atoms with Gasteiger partial charge in [0.15, 0.2) is 0 Å². The number of piperazine rings is 1. The summed E-state index contributed by atoms with van der Waals surface area (Å²) >= 11 is 6.76. The monoisotopic (exact) mass is 460 g/mol. The Hall–Kier alpha value is -2.15. The topological polar surface area (TPSA) is 73.8 Å². The van der Waals surface area contributed by atoms with Gasteiger partial charge in [-0.05, 0) is 30.9 Å². The fourth-order valence-corrected chi connectivity index (χ4v) is 5.20. The van der Waals surface area contributed by atoms with Crippen LogP contribution >= 0.6 is 24.0 Å². The van der Waals surface area contributed by atoms with Crippen molar-refractivity contribution in [1.29, 1.82) is 5.26 Å². The number of hydrogen-bond acceptors (Lipinski definition) is 6.